The van der Waals surface area contributed by atoms with Gasteiger partial charge in [0.05, 0.1) is 25.3 Å². The number of hydrogen-bond acceptors (Lipinski definition) is 5. The molecule has 2 rings (SSSR count). The minimum absolute atomic E-state index is 0.141. The van der Waals surface area contributed by atoms with Crippen molar-refractivity contribution < 1.29 is 19.1 Å². The van der Waals surface area contributed by atoms with Crippen molar-refractivity contribution in [2.75, 3.05) is 26.1 Å². The molecule has 0 aliphatic carbocycles. The second-order valence-corrected chi connectivity index (χ2v) is 5.63. The molecule has 0 atom stereocenters. The van der Waals surface area contributed by atoms with Crippen LogP contribution in [0, 0.1) is 11.3 Å². The van der Waals surface area contributed by atoms with Crippen LogP contribution in [0.1, 0.15) is 28.8 Å². The van der Waals surface area contributed by atoms with Gasteiger partial charge in [-0.25, -0.2) is 0 Å². The van der Waals surface area contributed by atoms with Crippen molar-refractivity contribution in [1.82, 2.24) is 5.32 Å². The second-order valence-electron chi connectivity index (χ2n) is 5.63. The van der Waals surface area contributed by atoms with Crippen LogP contribution in [0.15, 0.2) is 42.5 Å². The van der Waals surface area contributed by atoms with Gasteiger partial charge in [0.1, 0.15) is 0 Å². The molecule has 2 aromatic rings. The van der Waals surface area contributed by atoms with Gasteiger partial charge < -0.3 is 20.1 Å². The summed E-state index contributed by atoms with van der Waals surface area (Å²) in [7, 11) is 3.07. The average Bonchev–Trinajstić information content (AvgIpc) is 2.71. The number of methoxy groups -OCH3 is 1. The number of anilines is 1. The number of nitriles is 1. The molecule has 0 aromatic heterocycles. The van der Waals surface area contributed by atoms with Gasteiger partial charge in [0.15, 0.2) is 11.5 Å². The third-order valence-corrected chi connectivity index (χ3v) is 3.76. The molecule has 0 saturated heterocycles. The fourth-order valence-corrected chi connectivity index (χ4v) is 2.34. The molecule has 0 aliphatic rings. The molecule has 140 valence electrons. The standard InChI is InChI=1S/C20H21N3O4/c1-22-20(25)15-6-8-16(9-7-15)23-19(24)4-3-11-27-17-10-5-14(13-21)12-18(17)26-2/h5-10,12H,3-4,11H2,1-2H3,(H,22,25)(H,23,24). The van der Waals surface area contributed by atoms with E-state index in [0.717, 1.165) is 0 Å². The largest absolute Gasteiger partial charge is 0.493 e. The predicted molar refractivity (Wildman–Crippen MR) is 101 cm³/mol. The first-order valence-corrected chi connectivity index (χ1v) is 8.40. The molecule has 0 aliphatic heterocycles. The Morgan fingerprint density at radius 1 is 1.11 bits per heavy atom. The van der Waals surface area contributed by atoms with E-state index in [1.807, 2.05) is 6.07 Å². The Bertz CT molecular complexity index is 841. The lowest BCUT2D eigenvalue weighted by Crippen LogP contribution is -2.18. The summed E-state index contributed by atoms with van der Waals surface area (Å²) in [5.74, 6) is 0.692. The van der Waals surface area contributed by atoms with Gasteiger partial charge in [0.25, 0.3) is 5.91 Å². The van der Waals surface area contributed by atoms with Gasteiger partial charge in [-0.15, -0.1) is 0 Å². The van der Waals surface area contributed by atoms with E-state index in [2.05, 4.69) is 10.6 Å². The Morgan fingerprint density at radius 2 is 1.85 bits per heavy atom. The predicted octanol–water partition coefficient (Wildman–Crippen LogP) is 2.72. The number of carbonyl (C=O) groups excluding carboxylic acids is 2. The third kappa shape index (κ3) is 5.75. The fourth-order valence-electron chi connectivity index (χ4n) is 2.34. The van der Waals surface area contributed by atoms with Gasteiger partial charge in [-0.05, 0) is 42.8 Å². The first-order chi connectivity index (χ1) is 13.1. The third-order valence-electron chi connectivity index (χ3n) is 3.76. The number of benzene rings is 2. The van der Waals surface area contributed by atoms with Gasteiger partial charge in [-0.2, -0.15) is 5.26 Å². The maximum atomic E-state index is 12.0. The van der Waals surface area contributed by atoms with Crippen LogP contribution in [0.5, 0.6) is 11.5 Å². The summed E-state index contributed by atoms with van der Waals surface area (Å²) in [6.07, 6.45) is 0.807. The van der Waals surface area contributed by atoms with E-state index in [1.54, 1.807) is 49.5 Å². The summed E-state index contributed by atoms with van der Waals surface area (Å²) in [6, 6.07) is 13.6. The lowest BCUT2D eigenvalue weighted by molar-refractivity contribution is -0.116. The molecule has 2 aromatic carbocycles. The Morgan fingerprint density at radius 3 is 2.48 bits per heavy atom. The zero-order valence-corrected chi connectivity index (χ0v) is 15.2. The summed E-state index contributed by atoms with van der Waals surface area (Å²) in [6.45, 7) is 0.339. The molecule has 0 unspecified atom stereocenters. The number of nitrogens with zero attached hydrogens (tertiary/aromatic N) is 1. The number of nitrogens with one attached hydrogen (secondary N) is 2. The van der Waals surface area contributed by atoms with E-state index in [4.69, 9.17) is 14.7 Å². The molecular weight excluding hydrogens is 346 g/mol. The average molecular weight is 367 g/mol. The van der Waals surface area contributed by atoms with Crippen LogP contribution in [0.4, 0.5) is 5.69 Å². The molecule has 0 spiro atoms. The molecule has 2 amide bonds. The molecule has 2 N–H and O–H groups in total. The van der Waals surface area contributed by atoms with E-state index >= 15 is 0 Å². The quantitative estimate of drug-likeness (QED) is 0.699. The minimum Gasteiger partial charge on any atom is -0.493 e. The molecule has 0 bridgehead atoms. The van der Waals surface area contributed by atoms with Gasteiger partial charge in [0.2, 0.25) is 5.91 Å². The molecular formula is C20H21N3O4. The van der Waals surface area contributed by atoms with Gasteiger partial charge in [-0.3, -0.25) is 9.59 Å². The first kappa shape index (κ1) is 19.8. The van der Waals surface area contributed by atoms with Crippen molar-refractivity contribution in [1.29, 1.82) is 5.26 Å². The number of ether oxygens (including phenoxy) is 2. The van der Waals surface area contributed by atoms with Crippen LogP contribution < -0.4 is 20.1 Å². The lowest BCUT2D eigenvalue weighted by atomic mass is 10.2. The zero-order chi connectivity index (χ0) is 19.6. The van der Waals surface area contributed by atoms with Crippen molar-refractivity contribution >= 4 is 17.5 Å². The van der Waals surface area contributed by atoms with Gasteiger partial charge in [0, 0.05) is 30.8 Å². The van der Waals surface area contributed by atoms with E-state index in [0.29, 0.717) is 41.3 Å². The van der Waals surface area contributed by atoms with Crippen molar-refractivity contribution in [2.45, 2.75) is 12.8 Å². The summed E-state index contributed by atoms with van der Waals surface area (Å²) >= 11 is 0. The molecule has 7 heteroatoms. The number of carbonyl (C=O) groups is 2. The minimum atomic E-state index is -0.178. The van der Waals surface area contributed by atoms with Crippen molar-refractivity contribution in [3.63, 3.8) is 0 Å². The van der Waals surface area contributed by atoms with Gasteiger partial charge >= 0.3 is 0 Å². The van der Waals surface area contributed by atoms with E-state index < -0.39 is 0 Å². The SMILES string of the molecule is CNC(=O)c1ccc(NC(=O)CCCOc2ccc(C#N)cc2OC)cc1. The highest BCUT2D eigenvalue weighted by atomic mass is 16.5. The van der Waals surface area contributed by atoms with Gasteiger partial charge in [-0.1, -0.05) is 0 Å². The molecule has 0 saturated carbocycles. The van der Waals surface area contributed by atoms with Crippen LogP contribution >= 0.6 is 0 Å². The lowest BCUT2D eigenvalue weighted by Gasteiger charge is -2.11. The molecule has 27 heavy (non-hydrogen) atoms. The van der Waals surface area contributed by atoms with E-state index in [1.165, 1.54) is 7.11 Å². The summed E-state index contributed by atoms with van der Waals surface area (Å²) < 4.78 is 10.8. The maximum Gasteiger partial charge on any atom is 0.251 e. The normalized spacial score (nSPS) is 9.81. The monoisotopic (exact) mass is 367 g/mol. The van der Waals surface area contributed by atoms with Crippen LogP contribution in [-0.4, -0.2) is 32.6 Å². The second kappa shape index (κ2) is 9.82. The summed E-state index contributed by atoms with van der Waals surface area (Å²) in [4.78, 5) is 23.5. The number of amides is 2. The van der Waals surface area contributed by atoms with Crippen LogP contribution in [0.3, 0.4) is 0 Å². The van der Waals surface area contributed by atoms with Crippen molar-refractivity contribution in [3.05, 3.63) is 53.6 Å². The van der Waals surface area contributed by atoms with Crippen LogP contribution in [0.2, 0.25) is 0 Å². The summed E-state index contributed by atoms with van der Waals surface area (Å²) in [5, 5.41) is 14.2. The highest BCUT2D eigenvalue weighted by Gasteiger charge is 2.08. The van der Waals surface area contributed by atoms with Crippen LogP contribution in [0.25, 0.3) is 0 Å². The van der Waals surface area contributed by atoms with Crippen molar-refractivity contribution in [2.24, 2.45) is 0 Å². The van der Waals surface area contributed by atoms with E-state index in [-0.39, 0.29) is 18.2 Å². The topological polar surface area (TPSA) is 100 Å². The smallest absolute Gasteiger partial charge is 0.251 e. The Kier molecular flexibility index (Phi) is 7.20. The Labute approximate surface area is 157 Å². The van der Waals surface area contributed by atoms with Crippen molar-refractivity contribution in [3.8, 4) is 17.6 Å². The highest BCUT2D eigenvalue weighted by molar-refractivity contribution is 5.95. The Balaban J connectivity index is 1.78. The first-order valence-electron chi connectivity index (χ1n) is 8.40. The fraction of sp³-hybridized carbons (Fsp3) is 0.250. The van der Waals surface area contributed by atoms with Crippen LogP contribution in [-0.2, 0) is 4.79 Å². The number of rotatable bonds is 8. The molecule has 0 fully saturated rings. The maximum absolute atomic E-state index is 12.0. The molecule has 0 heterocycles. The van der Waals surface area contributed by atoms with E-state index in [9.17, 15) is 9.59 Å². The molecule has 0 radical (unpaired) electrons. The number of hydrogen-bond donors (Lipinski definition) is 2. The molecule has 7 nitrogen and oxygen atoms in total. The highest BCUT2D eigenvalue weighted by Crippen LogP contribution is 2.27. The zero-order valence-electron chi connectivity index (χ0n) is 15.2. The Hall–Kier alpha value is -3.53. The summed E-state index contributed by atoms with van der Waals surface area (Å²) in [5.41, 5.74) is 1.64.